The molecule has 126 valence electrons. The van der Waals surface area contributed by atoms with Crippen LogP contribution in [0.1, 0.15) is 23.8 Å². The lowest BCUT2D eigenvalue weighted by molar-refractivity contribution is -0.143. The molecule has 0 saturated carbocycles. The minimum Gasteiger partial charge on any atom is -0.481 e. The molecule has 2 aromatic rings. The number of nitrogens with zero attached hydrogens (tertiary/aromatic N) is 2. The number of aromatic nitrogens is 1. The van der Waals surface area contributed by atoms with Crippen LogP contribution < -0.4 is 0 Å². The Kier molecular flexibility index (Phi) is 4.33. The fourth-order valence-corrected chi connectivity index (χ4v) is 3.05. The first-order chi connectivity index (χ1) is 11.5. The maximum atomic E-state index is 13.1. The van der Waals surface area contributed by atoms with Crippen LogP contribution in [0.25, 0.3) is 11.3 Å². The third-order valence-electron chi connectivity index (χ3n) is 4.17. The van der Waals surface area contributed by atoms with Gasteiger partial charge in [-0.15, -0.1) is 0 Å². The molecular weight excluding hydrogens is 315 g/mol. The summed E-state index contributed by atoms with van der Waals surface area (Å²) in [6, 6.07) is 5.56. The number of piperidine rings is 1. The Morgan fingerprint density at radius 3 is 2.67 bits per heavy atom. The molecule has 2 unspecified atom stereocenters. The number of likely N-dealkylation sites (tertiary alicyclic amines) is 1. The number of carboxylic acid groups (broad SMARTS) is 1. The number of amides is 1. The SMILES string of the molecule is CC1CC(C(=O)O)CN(C(=O)c2ncoc2-c2ccc(F)cc2)C1. The minimum atomic E-state index is -0.904. The summed E-state index contributed by atoms with van der Waals surface area (Å²) in [6.07, 6.45) is 1.71. The molecule has 2 atom stereocenters. The molecule has 1 aromatic heterocycles. The summed E-state index contributed by atoms with van der Waals surface area (Å²) in [5.41, 5.74) is 0.650. The standard InChI is InChI=1S/C17H17FN2O4/c1-10-6-12(17(22)23)8-20(7-10)16(21)14-15(24-9-19-14)11-2-4-13(18)5-3-11/h2-5,9-10,12H,6-8H2,1H3,(H,22,23). The molecule has 0 radical (unpaired) electrons. The molecule has 3 rings (SSSR count). The van der Waals surface area contributed by atoms with Crippen LogP contribution in [-0.2, 0) is 4.79 Å². The van der Waals surface area contributed by atoms with Gasteiger partial charge in [0.2, 0.25) is 0 Å². The number of carboxylic acids is 1. The molecule has 6 nitrogen and oxygen atoms in total. The molecular formula is C17H17FN2O4. The number of hydrogen-bond donors (Lipinski definition) is 1. The van der Waals surface area contributed by atoms with Gasteiger partial charge in [0.05, 0.1) is 5.92 Å². The molecule has 24 heavy (non-hydrogen) atoms. The normalized spacial score (nSPS) is 20.8. The summed E-state index contributed by atoms with van der Waals surface area (Å²) < 4.78 is 18.4. The van der Waals surface area contributed by atoms with E-state index in [4.69, 9.17) is 4.42 Å². The number of carbonyl (C=O) groups excluding carboxylic acids is 1. The molecule has 1 aliphatic heterocycles. The van der Waals surface area contributed by atoms with Gasteiger partial charge in [0.1, 0.15) is 5.82 Å². The highest BCUT2D eigenvalue weighted by molar-refractivity contribution is 5.97. The van der Waals surface area contributed by atoms with E-state index in [0.717, 1.165) is 6.39 Å². The monoisotopic (exact) mass is 332 g/mol. The van der Waals surface area contributed by atoms with Crippen LogP contribution in [0.3, 0.4) is 0 Å². The average molecular weight is 332 g/mol. The fourth-order valence-electron chi connectivity index (χ4n) is 3.05. The molecule has 0 aliphatic carbocycles. The van der Waals surface area contributed by atoms with Crippen molar-refractivity contribution in [3.05, 3.63) is 42.2 Å². The largest absolute Gasteiger partial charge is 0.481 e. The highest BCUT2D eigenvalue weighted by atomic mass is 19.1. The second-order valence-corrected chi connectivity index (χ2v) is 6.12. The first-order valence-corrected chi connectivity index (χ1v) is 7.67. The van der Waals surface area contributed by atoms with Crippen molar-refractivity contribution in [2.75, 3.05) is 13.1 Å². The zero-order valence-corrected chi connectivity index (χ0v) is 13.1. The molecule has 0 bridgehead atoms. The molecule has 0 spiro atoms. The predicted molar refractivity (Wildman–Crippen MR) is 82.7 cm³/mol. The molecule has 1 N–H and O–H groups in total. The Bertz CT molecular complexity index is 756. The fraction of sp³-hybridized carbons (Fsp3) is 0.353. The quantitative estimate of drug-likeness (QED) is 0.934. The zero-order chi connectivity index (χ0) is 17.3. The summed E-state index contributed by atoms with van der Waals surface area (Å²) in [5, 5.41) is 9.24. The van der Waals surface area contributed by atoms with Gasteiger partial charge in [-0.1, -0.05) is 6.92 Å². The Morgan fingerprint density at radius 1 is 1.29 bits per heavy atom. The molecule has 2 heterocycles. The van der Waals surface area contributed by atoms with E-state index in [1.807, 2.05) is 6.92 Å². The molecule has 1 aromatic carbocycles. The molecule has 1 amide bonds. The Hall–Kier alpha value is -2.70. The third-order valence-corrected chi connectivity index (χ3v) is 4.17. The van der Waals surface area contributed by atoms with E-state index in [1.54, 1.807) is 0 Å². The Morgan fingerprint density at radius 2 is 2.00 bits per heavy atom. The van der Waals surface area contributed by atoms with E-state index in [2.05, 4.69) is 4.98 Å². The predicted octanol–water partition coefficient (Wildman–Crippen LogP) is 2.66. The number of oxazole rings is 1. The lowest BCUT2D eigenvalue weighted by Crippen LogP contribution is -2.45. The van der Waals surface area contributed by atoms with Crippen molar-refractivity contribution >= 4 is 11.9 Å². The lowest BCUT2D eigenvalue weighted by Gasteiger charge is -2.34. The van der Waals surface area contributed by atoms with Crippen LogP contribution in [0.2, 0.25) is 0 Å². The number of benzene rings is 1. The Labute approximate surface area is 137 Å². The molecule has 7 heteroatoms. The summed E-state index contributed by atoms with van der Waals surface area (Å²) in [6.45, 7) is 2.53. The number of aliphatic carboxylic acids is 1. The third kappa shape index (κ3) is 3.15. The van der Waals surface area contributed by atoms with Crippen LogP contribution in [0.15, 0.2) is 35.1 Å². The van der Waals surface area contributed by atoms with E-state index < -0.39 is 11.9 Å². The van der Waals surface area contributed by atoms with Crippen LogP contribution >= 0.6 is 0 Å². The van der Waals surface area contributed by atoms with Gasteiger partial charge in [0.15, 0.2) is 17.8 Å². The van der Waals surface area contributed by atoms with Crippen LogP contribution in [-0.4, -0.2) is 40.0 Å². The summed E-state index contributed by atoms with van der Waals surface area (Å²) in [4.78, 5) is 29.5. The first-order valence-electron chi connectivity index (χ1n) is 7.67. The van der Waals surface area contributed by atoms with Crippen molar-refractivity contribution in [1.29, 1.82) is 0 Å². The lowest BCUT2D eigenvalue weighted by atomic mass is 9.90. The summed E-state index contributed by atoms with van der Waals surface area (Å²) >= 11 is 0. The highest BCUT2D eigenvalue weighted by Gasteiger charge is 2.34. The van der Waals surface area contributed by atoms with Crippen molar-refractivity contribution in [2.24, 2.45) is 11.8 Å². The van der Waals surface area contributed by atoms with E-state index >= 15 is 0 Å². The summed E-state index contributed by atoms with van der Waals surface area (Å²) in [7, 11) is 0. The summed E-state index contributed by atoms with van der Waals surface area (Å²) in [5.74, 6) is -1.91. The van der Waals surface area contributed by atoms with Gasteiger partial charge < -0.3 is 14.4 Å². The second-order valence-electron chi connectivity index (χ2n) is 6.12. The molecule has 1 saturated heterocycles. The van der Waals surface area contributed by atoms with Crippen molar-refractivity contribution in [3.8, 4) is 11.3 Å². The Balaban J connectivity index is 1.87. The van der Waals surface area contributed by atoms with Gasteiger partial charge in [-0.05, 0) is 36.6 Å². The second kappa shape index (κ2) is 6.43. The van der Waals surface area contributed by atoms with Gasteiger partial charge in [0.25, 0.3) is 5.91 Å². The average Bonchev–Trinajstić information content (AvgIpc) is 3.03. The van der Waals surface area contributed by atoms with Crippen LogP contribution in [0.4, 0.5) is 4.39 Å². The van der Waals surface area contributed by atoms with Gasteiger partial charge in [-0.25, -0.2) is 9.37 Å². The zero-order valence-electron chi connectivity index (χ0n) is 13.1. The molecule has 1 aliphatic rings. The number of carbonyl (C=O) groups is 2. The topological polar surface area (TPSA) is 83.6 Å². The molecule has 1 fully saturated rings. The number of halogens is 1. The first kappa shape index (κ1) is 16.2. The van der Waals surface area contributed by atoms with Crippen molar-refractivity contribution in [3.63, 3.8) is 0 Å². The van der Waals surface area contributed by atoms with Crippen LogP contribution in [0, 0.1) is 17.7 Å². The maximum absolute atomic E-state index is 13.1. The van der Waals surface area contributed by atoms with Crippen molar-refractivity contribution in [2.45, 2.75) is 13.3 Å². The van der Waals surface area contributed by atoms with Crippen molar-refractivity contribution in [1.82, 2.24) is 9.88 Å². The highest BCUT2D eigenvalue weighted by Crippen LogP contribution is 2.27. The number of hydrogen-bond acceptors (Lipinski definition) is 4. The van der Waals surface area contributed by atoms with Gasteiger partial charge in [-0.2, -0.15) is 0 Å². The smallest absolute Gasteiger partial charge is 0.308 e. The van der Waals surface area contributed by atoms with Gasteiger partial charge in [-0.3, -0.25) is 9.59 Å². The van der Waals surface area contributed by atoms with Gasteiger partial charge in [0, 0.05) is 18.7 Å². The van der Waals surface area contributed by atoms with E-state index in [9.17, 15) is 19.1 Å². The number of rotatable bonds is 3. The van der Waals surface area contributed by atoms with E-state index in [-0.39, 0.29) is 35.6 Å². The van der Waals surface area contributed by atoms with Gasteiger partial charge >= 0.3 is 5.97 Å². The maximum Gasteiger partial charge on any atom is 0.308 e. The van der Waals surface area contributed by atoms with E-state index in [1.165, 1.54) is 29.2 Å². The van der Waals surface area contributed by atoms with E-state index in [0.29, 0.717) is 18.5 Å². The van der Waals surface area contributed by atoms with Crippen molar-refractivity contribution < 1.29 is 23.5 Å². The van der Waals surface area contributed by atoms with Crippen LogP contribution in [0.5, 0.6) is 0 Å². The minimum absolute atomic E-state index is 0.0879.